The van der Waals surface area contributed by atoms with Crippen LogP contribution < -0.4 is 15.5 Å². The number of carbonyl (C=O) groups is 2. The second-order valence-corrected chi connectivity index (χ2v) is 9.98. The van der Waals surface area contributed by atoms with Gasteiger partial charge in [-0.05, 0) is 44.9 Å². The predicted octanol–water partition coefficient (Wildman–Crippen LogP) is 2.88. The standard InChI is InChI=1S/C24H31ClN6O3/c1-24(2,3)34-23(33)29-19(14-16-4-6-17(25)7-5-16)22(32)31-12-10-30(11-13-31)21-18-8-9-26-20(18)27-15-28-21/h4-7,15,19H,8-14H2,1-3H3,(H,29,33)(H,26,27,28). The minimum Gasteiger partial charge on any atom is -0.444 e. The molecule has 3 heterocycles. The number of fused-ring (bicyclic) bond motifs is 1. The number of anilines is 2. The van der Waals surface area contributed by atoms with Crippen LogP contribution in [0.1, 0.15) is 31.9 Å². The fourth-order valence-corrected chi connectivity index (χ4v) is 4.36. The molecular weight excluding hydrogens is 456 g/mol. The van der Waals surface area contributed by atoms with Gasteiger partial charge in [-0.25, -0.2) is 14.8 Å². The molecule has 2 aliphatic rings. The van der Waals surface area contributed by atoms with E-state index < -0.39 is 17.7 Å². The van der Waals surface area contributed by atoms with Crippen molar-refractivity contribution in [2.45, 2.75) is 45.3 Å². The van der Waals surface area contributed by atoms with E-state index in [4.69, 9.17) is 16.3 Å². The molecule has 2 N–H and O–H groups in total. The van der Waals surface area contributed by atoms with Crippen molar-refractivity contribution in [3.05, 3.63) is 46.7 Å². The smallest absolute Gasteiger partial charge is 0.408 e. The summed E-state index contributed by atoms with van der Waals surface area (Å²) in [4.78, 5) is 38.8. The van der Waals surface area contributed by atoms with Gasteiger partial charge < -0.3 is 25.2 Å². The SMILES string of the molecule is CC(C)(C)OC(=O)NC(Cc1ccc(Cl)cc1)C(=O)N1CCN(c2ncnc3c2CCN3)CC1. The molecule has 1 saturated heterocycles. The Labute approximate surface area is 204 Å². The summed E-state index contributed by atoms with van der Waals surface area (Å²) in [6.07, 6.45) is 2.22. The number of aromatic nitrogens is 2. The number of nitrogens with one attached hydrogen (secondary N) is 2. The summed E-state index contributed by atoms with van der Waals surface area (Å²) < 4.78 is 5.41. The Morgan fingerprint density at radius 3 is 2.53 bits per heavy atom. The first-order chi connectivity index (χ1) is 16.2. The number of halogens is 1. The van der Waals surface area contributed by atoms with E-state index >= 15 is 0 Å². The molecule has 0 saturated carbocycles. The first-order valence-corrected chi connectivity index (χ1v) is 11.9. The fraction of sp³-hybridized carbons (Fsp3) is 0.500. The maximum atomic E-state index is 13.5. The van der Waals surface area contributed by atoms with Crippen molar-refractivity contribution < 1.29 is 14.3 Å². The molecule has 2 aliphatic heterocycles. The highest BCUT2D eigenvalue weighted by atomic mass is 35.5. The predicted molar refractivity (Wildman–Crippen MR) is 131 cm³/mol. The lowest BCUT2D eigenvalue weighted by atomic mass is 10.0. The number of carbonyl (C=O) groups excluding carboxylic acids is 2. The zero-order chi connectivity index (χ0) is 24.3. The van der Waals surface area contributed by atoms with Crippen LogP contribution in [-0.2, 0) is 22.4 Å². The van der Waals surface area contributed by atoms with E-state index in [2.05, 4.69) is 25.5 Å². The van der Waals surface area contributed by atoms with Gasteiger partial charge in [-0.1, -0.05) is 23.7 Å². The topological polar surface area (TPSA) is 99.7 Å². The molecule has 1 unspecified atom stereocenters. The average molecular weight is 487 g/mol. The Morgan fingerprint density at radius 1 is 1.15 bits per heavy atom. The van der Waals surface area contributed by atoms with E-state index in [1.807, 2.05) is 12.1 Å². The summed E-state index contributed by atoms with van der Waals surface area (Å²) in [5, 5.41) is 6.68. The molecule has 1 aromatic heterocycles. The Morgan fingerprint density at radius 2 is 1.85 bits per heavy atom. The highest BCUT2D eigenvalue weighted by Gasteiger charge is 2.31. The first-order valence-electron chi connectivity index (χ1n) is 11.5. The number of hydrogen-bond acceptors (Lipinski definition) is 7. The van der Waals surface area contributed by atoms with Gasteiger partial charge >= 0.3 is 6.09 Å². The van der Waals surface area contributed by atoms with E-state index in [0.29, 0.717) is 37.6 Å². The van der Waals surface area contributed by atoms with E-state index in [-0.39, 0.29) is 5.91 Å². The van der Waals surface area contributed by atoms with Gasteiger partial charge in [-0.3, -0.25) is 4.79 Å². The van der Waals surface area contributed by atoms with E-state index in [0.717, 1.165) is 35.7 Å². The van der Waals surface area contributed by atoms with Crippen LogP contribution in [0.5, 0.6) is 0 Å². The third kappa shape index (κ3) is 5.88. The lowest BCUT2D eigenvalue weighted by Crippen LogP contribution is -2.56. The second-order valence-electron chi connectivity index (χ2n) is 9.54. The number of hydrogen-bond donors (Lipinski definition) is 2. The van der Waals surface area contributed by atoms with Crippen molar-refractivity contribution in [2.24, 2.45) is 0 Å². The Hall–Kier alpha value is -3.07. The van der Waals surface area contributed by atoms with E-state index in [9.17, 15) is 9.59 Å². The van der Waals surface area contributed by atoms with Crippen molar-refractivity contribution in [2.75, 3.05) is 42.9 Å². The van der Waals surface area contributed by atoms with Gasteiger partial charge in [0.1, 0.15) is 29.6 Å². The van der Waals surface area contributed by atoms with Crippen LogP contribution in [0.2, 0.25) is 5.02 Å². The highest BCUT2D eigenvalue weighted by molar-refractivity contribution is 6.30. The molecule has 0 spiro atoms. The van der Waals surface area contributed by atoms with Gasteiger partial charge in [0.2, 0.25) is 5.91 Å². The molecule has 1 aromatic carbocycles. The van der Waals surface area contributed by atoms with Crippen molar-refractivity contribution in [3.63, 3.8) is 0 Å². The third-order valence-corrected chi connectivity index (χ3v) is 6.08. The monoisotopic (exact) mass is 486 g/mol. The van der Waals surface area contributed by atoms with Gasteiger partial charge in [-0.2, -0.15) is 0 Å². The van der Waals surface area contributed by atoms with Gasteiger partial charge in [0.25, 0.3) is 0 Å². The van der Waals surface area contributed by atoms with Gasteiger partial charge in [0, 0.05) is 49.7 Å². The minimum absolute atomic E-state index is 0.130. The Bertz CT molecular complexity index is 1030. The summed E-state index contributed by atoms with van der Waals surface area (Å²) in [5.74, 6) is 1.70. The first kappa shape index (κ1) is 24.1. The van der Waals surface area contributed by atoms with Crippen LogP contribution in [-0.4, -0.2) is 71.2 Å². The Kier molecular flexibility index (Phi) is 7.11. The largest absolute Gasteiger partial charge is 0.444 e. The van der Waals surface area contributed by atoms with Crippen LogP contribution in [0.25, 0.3) is 0 Å². The quantitative estimate of drug-likeness (QED) is 0.670. The molecule has 182 valence electrons. The summed E-state index contributed by atoms with van der Waals surface area (Å²) in [7, 11) is 0. The lowest BCUT2D eigenvalue weighted by Gasteiger charge is -2.37. The molecule has 4 rings (SSSR count). The molecule has 0 bridgehead atoms. The van der Waals surface area contributed by atoms with Crippen molar-refractivity contribution >= 4 is 35.2 Å². The molecule has 9 nitrogen and oxygen atoms in total. The number of nitrogens with zero attached hydrogens (tertiary/aromatic N) is 4. The summed E-state index contributed by atoms with van der Waals surface area (Å²) >= 11 is 6.01. The van der Waals surface area contributed by atoms with Gasteiger partial charge in [-0.15, -0.1) is 0 Å². The molecule has 2 amide bonds. The van der Waals surface area contributed by atoms with Crippen molar-refractivity contribution in [3.8, 4) is 0 Å². The van der Waals surface area contributed by atoms with Crippen molar-refractivity contribution in [1.29, 1.82) is 0 Å². The Balaban J connectivity index is 1.44. The normalized spacial score (nSPS) is 16.5. The molecule has 2 aromatic rings. The summed E-state index contributed by atoms with van der Waals surface area (Å²) in [6.45, 7) is 8.65. The van der Waals surface area contributed by atoms with Crippen molar-refractivity contribution in [1.82, 2.24) is 20.2 Å². The molecule has 0 aliphatic carbocycles. The van der Waals surface area contributed by atoms with Crippen LogP contribution in [0.3, 0.4) is 0 Å². The maximum Gasteiger partial charge on any atom is 0.408 e. The minimum atomic E-state index is -0.741. The van der Waals surface area contributed by atoms with Gasteiger partial charge in [0.05, 0.1) is 0 Å². The number of amides is 2. The molecule has 34 heavy (non-hydrogen) atoms. The summed E-state index contributed by atoms with van der Waals surface area (Å²) in [5.41, 5.74) is 1.38. The lowest BCUT2D eigenvalue weighted by molar-refractivity contribution is -0.133. The molecule has 10 heteroatoms. The number of rotatable bonds is 5. The van der Waals surface area contributed by atoms with Crippen LogP contribution in [0, 0.1) is 0 Å². The third-order valence-electron chi connectivity index (χ3n) is 5.82. The van der Waals surface area contributed by atoms with Crippen LogP contribution in [0.4, 0.5) is 16.4 Å². The molecular formula is C24H31ClN6O3. The zero-order valence-corrected chi connectivity index (χ0v) is 20.6. The van der Waals surface area contributed by atoms with E-state index in [1.165, 1.54) is 0 Å². The molecule has 1 atom stereocenters. The van der Waals surface area contributed by atoms with Crippen LogP contribution >= 0.6 is 11.6 Å². The van der Waals surface area contributed by atoms with E-state index in [1.54, 1.807) is 44.1 Å². The van der Waals surface area contributed by atoms with Gasteiger partial charge in [0.15, 0.2) is 0 Å². The number of alkyl carbamates (subject to hydrolysis) is 1. The summed E-state index contributed by atoms with van der Waals surface area (Å²) in [6, 6.07) is 6.54. The maximum absolute atomic E-state index is 13.5. The molecule has 1 fully saturated rings. The zero-order valence-electron chi connectivity index (χ0n) is 19.8. The average Bonchev–Trinajstić information content (AvgIpc) is 3.27. The van der Waals surface area contributed by atoms with Crippen LogP contribution in [0.15, 0.2) is 30.6 Å². The highest BCUT2D eigenvalue weighted by Crippen LogP contribution is 2.28. The second kappa shape index (κ2) is 10.0. The number of piperazine rings is 1. The molecule has 0 radical (unpaired) electrons. The fourth-order valence-electron chi connectivity index (χ4n) is 4.23. The number of benzene rings is 1. The number of ether oxygens (including phenoxy) is 1.